The van der Waals surface area contributed by atoms with E-state index in [9.17, 15) is 0 Å². The van der Waals surface area contributed by atoms with Crippen LogP contribution in [0.5, 0.6) is 0 Å². The van der Waals surface area contributed by atoms with Crippen LogP contribution in [0.2, 0.25) is 11.6 Å². The van der Waals surface area contributed by atoms with Gasteiger partial charge in [-0.1, -0.05) is 11.6 Å². The lowest BCUT2D eigenvalue weighted by Crippen LogP contribution is -1.90. The van der Waals surface area contributed by atoms with Gasteiger partial charge in [0.2, 0.25) is 0 Å². The van der Waals surface area contributed by atoms with Gasteiger partial charge < -0.3 is 0 Å². The summed E-state index contributed by atoms with van der Waals surface area (Å²) in [7, 11) is 2.00. The van der Waals surface area contributed by atoms with E-state index < -0.39 is 13.0 Å². The van der Waals surface area contributed by atoms with Gasteiger partial charge in [-0.15, -0.1) is 0 Å². The second-order valence-corrected chi connectivity index (χ2v) is 8.69. The standard InChI is InChI=1S/C5H5NS.2CH3.Al/c7-5-1-3-6-4-2-5;;;/h1-4H,(H,6,7);2*1H3;/q;;;+1/p-1. The lowest BCUT2D eigenvalue weighted by molar-refractivity contribution is 1.27. The minimum atomic E-state index is -0.508. The lowest BCUT2D eigenvalue weighted by Gasteiger charge is -1.98. The molecule has 0 aliphatic carbocycles. The van der Waals surface area contributed by atoms with Gasteiger partial charge in [-0.05, 0) is 17.0 Å². The van der Waals surface area contributed by atoms with Gasteiger partial charge in [0.1, 0.15) is 0 Å². The Morgan fingerprint density at radius 1 is 1.30 bits per heavy atom. The van der Waals surface area contributed by atoms with Crippen molar-refractivity contribution in [2.45, 2.75) is 16.5 Å². The van der Waals surface area contributed by atoms with E-state index >= 15 is 0 Å². The Morgan fingerprint density at radius 3 is 2.40 bits per heavy atom. The molecule has 1 heterocycles. The second-order valence-electron chi connectivity index (χ2n) is 2.35. The molecule has 0 aromatic carbocycles. The van der Waals surface area contributed by atoms with Crippen molar-refractivity contribution in [2.75, 3.05) is 0 Å². The molecule has 0 radical (unpaired) electrons. The van der Waals surface area contributed by atoms with Gasteiger partial charge in [-0.3, -0.25) is 4.98 Å². The zero-order valence-electron chi connectivity index (χ0n) is 6.24. The van der Waals surface area contributed by atoms with Crippen LogP contribution in [0, 0.1) is 0 Å². The molecule has 1 rings (SSSR count). The molecule has 0 aliphatic rings. The predicted octanol–water partition coefficient (Wildman–Crippen LogP) is 2.42. The normalized spacial score (nSPS) is 9.40. The van der Waals surface area contributed by atoms with Gasteiger partial charge in [0.05, 0.1) is 0 Å². The van der Waals surface area contributed by atoms with Gasteiger partial charge in [0, 0.05) is 12.4 Å². The Balaban J connectivity index is 2.59. The molecule has 0 aliphatic heterocycles. The largest absolute Gasteiger partial charge is 0.350 e. The molecule has 3 heteroatoms. The molecule has 0 fully saturated rings. The van der Waals surface area contributed by atoms with Crippen LogP contribution in [0.15, 0.2) is 29.4 Å². The number of nitrogens with zero attached hydrogens (tertiary/aromatic N) is 1. The highest BCUT2D eigenvalue weighted by Crippen LogP contribution is 2.18. The Bertz CT molecular complexity index is 188. The zero-order chi connectivity index (χ0) is 7.40. The van der Waals surface area contributed by atoms with Crippen molar-refractivity contribution in [1.29, 1.82) is 0 Å². The minimum Gasteiger partial charge on any atom is -0.265 e. The van der Waals surface area contributed by atoms with E-state index in [1.165, 1.54) is 4.90 Å². The molecule has 1 aromatic rings. The maximum Gasteiger partial charge on any atom is 0.350 e. The molecular formula is C7H10AlNS. The van der Waals surface area contributed by atoms with Crippen LogP contribution in [0.4, 0.5) is 0 Å². The third-order valence-corrected chi connectivity index (χ3v) is 4.27. The summed E-state index contributed by atoms with van der Waals surface area (Å²) >= 11 is -0.508. The van der Waals surface area contributed by atoms with Gasteiger partial charge in [0.15, 0.2) is 0 Å². The van der Waals surface area contributed by atoms with Crippen molar-refractivity contribution in [1.82, 2.24) is 4.98 Å². The summed E-state index contributed by atoms with van der Waals surface area (Å²) in [6.07, 6.45) is 3.69. The SMILES string of the molecule is [CH3][Al]([CH3])[S]c1ccncc1. The number of aromatic nitrogens is 1. The molecule has 1 nitrogen and oxygen atoms in total. The molecule has 0 spiro atoms. The van der Waals surface area contributed by atoms with Crippen LogP contribution >= 0.6 is 10.1 Å². The van der Waals surface area contributed by atoms with Crippen LogP contribution in [0.25, 0.3) is 0 Å². The molecular weight excluding hydrogens is 157 g/mol. The van der Waals surface area contributed by atoms with Crippen molar-refractivity contribution in [3.05, 3.63) is 24.5 Å². The van der Waals surface area contributed by atoms with Gasteiger partial charge >= 0.3 is 13.0 Å². The molecule has 1 aromatic heterocycles. The first kappa shape index (κ1) is 8.13. The van der Waals surface area contributed by atoms with Gasteiger partial charge in [-0.25, -0.2) is 10.1 Å². The van der Waals surface area contributed by atoms with E-state index in [4.69, 9.17) is 0 Å². The van der Waals surface area contributed by atoms with E-state index in [0.717, 1.165) is 0 Å². The van der Waals surface area contributed by atoms with E-state index in [1.807, 2.05) is 22.5 Å². The van der Waals surface area contributed by atoms with E-state index in [2.05, 4.69) is 28.7 Å². The highest BCUT2D eigenvalue weighted by atomic mass is 32.3. The average molecular weight is 167 g/mol. The predicted molar refractivity (Wildman–Crippen MR) is 47.6 cm³/mol. The second kappa shape index (κ2) is 4.03. The molecule has 0 atom stereocenters. The average Bonchev–Trinajstić information content (AvgIpc) is 1.88. The summed E-state index contributed by atoms with van der Waals surface area (Å²) in [5.74, 6) is 4.65. The number of pyridine rings is 1. The molecule has 10 heavy (non-hydrogen) atoms. The van der Waals surface area contributed by atoms with E-state index in [0.29, 0.717) is 0 Å². The first-order valence-electron chi connectivity index (χ1n) is 3.35. The summed E-state index contributed by atoms with van der Waals surface area (Å²) < 4.78 is 0. The third kappa shape index (κ3) is 2.74. The van der Waals surface area contributed by atoms with Crippen LogP contribution in [0.1, 0.15) is 0 Å². The minimum absolute atomic E-state index is 0.508. The zero-order valence-corrected chi connectivity index (χ0v) is 8.21. The topological polar surface area (TPSA) is 12.9 Å². The first-order chi connectivity index (χ1) is 4.79. The first-order valence-corrected chi connectivity index (χ1v) is 7.96. The van der Waals surface area contributed by atoms with Gasteiger partial charge in [0.25, 0.3) is 0 Å². The molecule has 0 N–H and O–H groups in total. The third-order valence-electron chi connectivity index (χ3n) is 1.02. The van der Waals surface area contributed by atoms with Crippen LogP contribution in [0.3, 0.4) is 0 Å². The molecule has 0 saturated heterocycles. The number of hydrogen-bond donors (Lipinski definition) is 0. The van der Waals surface area contributed by atoms with Crippen LogP contribution in [-0.2, 0) is 0 Å². The summed E-state index contributed by atoms with van der Waals surface area (Å²) in [5.41, 5.74) is 0. The maximum atomic E-state index is 3.95. The summed E-state index contributed by atoms with van der Waals surface area (Å²) in [4.78, 5) is 5.31. The van der Waals surface area contributed by atoms with Gasteiger partial charge in [-0.2, -0.15) is 0 Å². The van der Waals surface area contributed by atoms with Crippen LogP contribution < -0.4 is 0 Å². The smallest absolute Gasteiger partial charge is 0.265 e. The van der Waals surface area contributed by atoms with Crippen molar-refractivity contribution in [3.63, 3.8) is 0 Å². The fourth-order valence-electron chi connectivity index (χ4n) is 0.689. The maximum absolute atomic E-state index is 3.95. The van der Waals surface area contributed by atoms with Crippen molar-refractivity contribution < 1.29 is 0 Å². The van der Waals surface area contributed by atoms with Crippen molar-refractivity contribution in [2.24, 2.45) is 0 Å². The molecule has 52 valence electrons. The fourth-order valence-corrected chi connectivity index (χ4v) is 3.62. The van der Waals surface area contributed by atoms with Crippen molar-refractivity contribution >= 4 is 23.1 Å². The lowest BCUT2D eigenvalue weighted by atomic mass is 10.5. The molecule has 0 amide bonds. The van der Waals surface area contributed by atoms with E-state index in [1.54, 1.807) is 0 Å². The molecule has 0 unspecified atom stereocenters. The quantitative estimate of drug-likeness (QED) is 0.627. The van der Waals surface area contributed by atoms with Crippen LogP contribution in [-0.4, -0.2) is 18.0 Å². The summed E-state index contributed by atoms with van der Waals surface area (Å²) in [5, 5.41) is 0. The Labute approximate surface area is 69.3 Å². The molecule has 0 bridgehead atoms. The summed E-state index contributed by atoms with van der Waals surface area (Å²) in [6, 6.07) is 4.13. The molecule has 0 saturated carbocycles. The van der Waals surface area contributed by atoms with Crippen molar-refractivity contribution in [3.8, 4) is 0 Å². The fraction of sp³-hybridized carbons (Fsp3) is 0.286. The highest BCUT2D eigenvalue weighted by molar-refractivity contribution is 8.25. The number of hydrogen-bond acceptors (Lipinski definition) is 2. The Kier molecular flexibility index (Phi) is 3.27. The monoisotopic (exact) mass is 167 g/mol. The van der Waals surface area contributed by atoms with E-state index in [-0.39, 0.29) is 0 Å². The highest BCUT2D eigenvalue weighted by Gasteiger charge is 2.02. The summed E-state index contributed by atoms with van der Waals surface area (Å²) in [6.45, 7) is 0. The number of rotatable bonds is 2. The Hall–Kier alpha value is 0.0325. The Morgan fingerprint density at radius 2 is 1.90 bits per heavy atom.